The largest absolute Gasteiger partial charge is 0.133 e. The molecule has 0 spiro atoms. The number of hydrogen-bond acceptors (Lipinski definition) is 0. The molecule has 34 heavy (non-hydrogen) atoms. The monoisotopic (exact) mass is 574 g/mol. The summed E-state index contributed by atoms with van der Waals surface area (Å²) in [6.45, 7) is 6.96. The van der Waals surface area contributed by atoms with Crippen LogP contribution in [0.3, 0.4) is 0 Å². The lowest BCUT2D eigenvalue weighted by Crippen LogP contribution is -1.97. The zero-order valence-electron chi connectivity index (χ0n) is 23.4. The average Bonchev–Trinajstić information content (AvgIpc) is 2.85. The minimum atomic E-state index is 0. The van der Waals surface area contributed by atoms with E-state index < -0.39 is 0 Å². The van der Waals surface area contributed by atoms with Gasteiger partial charge >= 0.3 is 0 Å². The number of rotatable bonds is 22. The highest BCUT2D eigenvalue weighted by Gasteiger charge is 2.07. The number of halogens is 1. The Balaban J connectivity index is 0. The predicted molar refractivity (Wildman–Crippen MR) is 172 cm³/mol. The lowest BCUT2D eigenvalue weighted by atomic mass is 10.1. The summed E-state index contributed by atoms with van der Waals surface area (Å²) in [7, 11) is 3.06. The summed E-state index contributed by atoms with van der Waals surface area (Å²) in [5.74, 6) is 0. The van der Waals surface area contributed by atoms with Gasteiger partial charge in [0, 0.05) is 0 Å². The molecule has 0 aliphatic rings. The van der Waals surface area contributed by atoms with Crippen molar-refractivity contribution >= 4 is 34.1 Å². The zero-order valence-corrected chi connectivity index (χ0v) is 27.1. The van der Waals surface area contributed by atoms with Crippen molar-refractivity contribution in [3.8, 4) is 0 Å². The summed E-state index contributed by atoms with van der Waals surface area (Å²) in [4.78, 5) is 0. The fraction of sp³-hybridized carbons (Fsp3) is 0.806. The molecule has 0 saturated carbocycles. The maximum atomic E-state index is 2.69. The molecule has 0 saturated heterocycles. The lowest BCUT2D eigenvalue weighted by molar-refractivity contribution is 0.617. The summed E-state index contributed by atoms with van der Waals surface area (Å²) in [5.41, 5.74) is 1.37. The molecular weight excluding hydrogens is 514 g/mol. The van der Waals surface area contributed by atoms with E-state index >= 15 is 0 Å². The standard InChI is InChI=1S/C24H51P.C7H9P.BrH/c1-4-7-10-13-16-19-22-25(23-20-17-14-11-8-5-2)24-21-18-15-12-9-6-3;8-6-7-4-2-1-3-5-7;/h4-24H2,1-3H3;1-5H,6,8H2;1H. The van der Waals surface area contributed by atoms with Gasteiger partial charge in [0.05, 0.1) is 0 Å². The third kappa shape index (κ3) is 27.2. The van der Waals surface area contributed by atoms with Gasteiger partial charge in [-0.05, 0) is 49.5 Å². The molecule has 0 amide bonds. The number of benzene rings is 1. The van der Waals surface area contributed by atoms with E-state index in [1.165, 1.54) is 121 Å². The van der Waals surface area contributed by atoms with Crippen LogP contribution in [0.25, 0.3) is 0 Å². The third-order valence-corrected chi connectivity index (χ3v) is 9.88. The summed E-state index contributed by atoms with van der Waals surface area (Å²) in [5, 5.41) is 0. The maximum Gasteiger partial charge on any atom is -0.0128 e. The molecule has 0 aliphatic heterocycles. The SMILES string of the molecule is Br.CCCCCCCCP(CCCCCCCC)CCCCCCCC.PCc1ccccc1. The molecule has 0 nitrogen and oxygen atoms in total. The van der Waals surface area contributed by atoms with Crippen LogP contribution in [-0.4, -0.2) is 18.5 Å². The summed E-state index contributed by atoms with van der Waals surface area (Å²) in [6, 6.07) is 10.4. The van der Waals surface area contributed by atoms with Gasteiger partial charge in [-0.15, -0.1) is 34.1 Å². The van der Waals surface area contributed by atoms with Crippen LogP contribution in [0.1, 0.15) is 142 Å². The van der Waals surface area contributed by atoms with E-state index in [4.69, 9.17) is 0 Å². The Bertz CT molecular complexity index is 428. The maximum absolute atomic E-state index is 2.69. The summed E-state index contributed by atoms with van der Waals surface area (Å²) < 4.78 is 0. The van der Waals surface area contributed by atoms with Gasteiger partial charge < -0.3 is 0 Å². The molecule has 0 radical (unpaired) electrons. The average molecular weight is 576 g/mol. The Morgan fingerprint density at radius 1 is 0.500 bits per heavy atom. The van der Waals surface area contributed by atoms with Gasteiger partial charge in [-0.3, -0.25) is 0 Å². The number of hydrogen-bond donors (Lipinski definition) is 0. The molecule has 0 aliphatic carbocycles. The van der Waals surface area contributed by atoms with E-state index in [9.17, 15) is 0 Å². The van der Waals surface area contributed by atoms with E-state index in [1.807, 2.05) is 6.07 Å². The minimum Gasteiger partial charge on any atom is -0.133 e. The normalized spacial score (nSPS) is 10.6. The van der Waals surface area contributed by atoms with Crippen molar-refractivity contribution < 1.29 is 0 Å². The highest BCUT2D eigenvalue weighted by molar-refractivity contribution is 8.93. The second-order valence-corrected chi connectivity index (χ2v) is 12.9. The van der Waals surface area contributed by atoms with Crippen molar-refractivity contribution in [2.45, 2.75) is 143 Å². The topological polar surface area (TPSA) is 0 Å². The van der Waals surface area contributed by atoms with Gasteiger partial charge in [-0.25, -0.2) is 0 Å². The zero-order chi connectivity index (χ0) is 24.2. The first-order chi connectivity index (χ1) is 16.3. The van der Waals surface area contributed by atoms with Crippen LogP contribution in [0, 0.1) is 0 Å². The van der Waals surface area contributed by atoms with Crippen LogP contribution >= 0.6 is 34.1 Å². The summed E-state index contributed by atoms with van der Waals surface area (Å²) >= 11 is 0. The molecule has 0 heterocycles. The molecule has 3 heteroatoms. The Labute approximate surface area is 230 Å². The molecule has 0 N–H and O–H groups in total. The molecule has 0 aromatic heterocycles. The van der Waals surface area contributed by atoms with Crippen LogP contribution in [0.15, 0.2) is 30.3 Å². The second-order valence-electron chi connectivity index (χ2n) is 9.83. The molecule has 1 atom stereocenters. The quantitative estimate of drug-likeness (QED) is 0.0953. The van der Waals surface area contributed by atoms with Crippen LogP contribution in [0.2, 0.25) is 0 Å². The van der Waals surface area contributed by atoms with Crippen molar-refractivity contribution in [3.05, 3.63) is 35.9 Å². The van der Waals surface area contributed by atoms with E-state index in [-0.39, 0.29) is 17.0 Å². The minimum absolute atomic E-state index is 0. The molecule has 1 aromatic carbocycles. The van der Waals surface area contributed by atoms with Crippen LogP contribution in [-0.2, 0) is 6.16 Å². The van der Waals surface area contributed by atoms with Gasteiger partial charge in [-0.1, -0.05) is 147 Å². The Morgan fingerprint density at radius 2 is 0.824 bits per heavy atom. The van der Waals surface area contributed by atoms with Crippen LogP contribution < -0.4 is 0 Å². The smallest absolute Gasteiger partial charge is 0.0128 e. The fourth-order valence-corrected chi connectivity index (χ4v) is 7.25. The van der Waals surface area contributed by atoms with Crippen molar-refractivity contribution in [1.82, 2.24) is 0 Å². The first-order valence-corrected chi connectivity index (χ1v) is 17.5. The molecular formula is C31H61BrP2. The van der Waals surface area contributed by atoms with Gasteiger partial charge in [0.15, 0.2) is 0 Å². The van der Waals surface area contributed by atoms with Crippen molar-refractivity contribution in [3.63, 3.8) is 0 Å². The van der Waals surface area contributed by atoms with E-state index in [2.05, 4.69) is 54.3 Å². The highest BCUT2D eigenvalue weighted by Crippen LogP contribution is 2.39. The van der Waals surface area contributed by atoms with Crippen LogP contribution in [0.4, 0.5) is 0 Å². The Kier molecular flexibility index (Phi) is 34.1. The lowest BCUT2D eigenvalue weighted by Gasteiger charge is -2.18. The Hall–Kier alpha value is 0.560. The van der Waals surface area contributed by atoms with Crippen molar-refractivity contribution in [2.75, 3.05) is 18.5 Å². The molecule has 0 fully saturated rings. The van der Waals surface area contributed by atoms with E-state index in [1.54, 1.807) is 18.5 Å². The second kappa shape index (κ2) is 31.6. The molecule has 1 rings (SSSR count). The third-order valence-electron chi connectivity index (χ3n) is 6.56. The van der Waals surface area contributed by atoms with Crippen molar-refractivity contribution in [1.29, 1.82) is 0 Å². The number of unbranched alkanes of at least 4 members (excludes halogenated alkanes) is 15. The van der Waals surface area contributed by atoms with Gasteiger partial charge in [0.2, 0.25) is 0 Å². The summed E-state index contributed by atoms with van der Waals surface area (Å²) in [6.07, 6.45) is 32.3. The molecule has 1 unspecified atom stereocenters. The molecule has 202 valence electrons. The first kappa shape index (κ1) is 36.7. The predicted octanol–water partition coefficient (Wildman–Crippen LogP) is 12.2. The van der Waals surface area contributed by atoms with Gasteiger partial charge in [0.25, 0.3) is 0 Å². The van der Waals surface area contributed by atoms with Crippen molar-refractivity contribution in [2.24, 2.45) is 0 Å². The van der Waals surface area contributed by atoms with Gasteiger partial charge in [0.1, 0.15) is 0 Å². The van der Waals surface area contributed by atoms with E-state index in [0.29, 0.717) is 7.92 Å². The van der Waals surface area contributed by atoms with Crippen LogP contribution in [0.5, 0.6) is 0 Å². The fourth-order valence-electron chi connectivity index (χ4n) is 4.30. The van der Waals surface area contributed by atoms with Gasteiger partial charge in [-0.2, -0.15) is 0 Å². The molecule has 1 aromatic rings. The first-order valence-electron chi connectivity index (χ1n) is 14.7. The highest BCUT2D eigenvalue weighted by atomic mass is 79.9. The molecule has 0 bridgehead atoms. The Morgan fingerprint density at radius 3 is 1.12 bits per heavy atom. The van der Waals surface area contributed by atoms with E-state index in [0.717, 1.165) is 6.16 Å².